The summed E-state index contributed by atoms with van der Waals surface area (Å²) in [6.07, 6.45) is 2.85. The van der Waals surface area contributed by atoms with Crippen molar-refractivity contribution >= 4 is 5.91 Å². The molecule has 1 saturated heterocycles. The van der Waals surface area contributed by atoms with Crippen molar-refractivity contribution in [3.8, 4) is 0 Å². The van der Waals surface area contributed by atoms with Gasteiger partial charge in [-0.05, 0) is 12.8 Å². The van der Waals surface area contributed by atoms with Crippen molar-refractivity contribution in [2.75, 3.05) is 13.1 Å². The highest BCUT2D eigenvalue weighted by Crippen LogP contribution is 2.10. The number of likely N-dealkylation sites (tertiary alicyclic amines) is 1. The smallest absolute Gasteiger partial charge is 0.325 e. The number of carbonyl (C=O) groups is 1. The summed E-state index contributed by atoms with van der Waals surface area (Å²) in [5.74, 6) is -0.391. The third-order valence-electron chi connectivity index (χ3n) is 2.79. The van der Waals surface area contributed by atoms with Crippen molar-refractivity contribution < 1.29 is 4.79 Å². The van der Waals surface area contributed by atoms with E-state index in [2.05, 4.69) is 4.98 Å². The van der Waals surface area contributed by atoms with Crippen LogP contribution in [0, 0.1) is 0 Å². The van der Waals surface area contributed by atoms with E-state index < -0.39 is 17.2 Å². The summed E-state index contributed by atoms with van der Waals surface area (Å²) in [6.45, 7) is 1.03. The largest absolute Gasteiger partial charge is 0.337 e. The number of H-pyrrole nitrogens is 2. The molecule has 1 unspecified atom stereocenters. The molecule has 2 heterocycles. The fraction of sp³-hybridized carbons (Fsp3) is 0.500. The van der Waals surface area contributed by atoms with Crippen LogP contribution in [0.15, 0.2) is 15.8 Å². The Morgan fingerprint density at radius 3 is 2.88 bits per heavy atom. The van der Waals surface area contributed by atoms with Gasteiger partial charge in [-0.15, -0.1) is 0 Å². The van der Waals surface area contributed by atoms with E-state index in [0.717, 1.165) is 19.0 Å². The van der Waals surface area contributed by atoms with Crippen molar-refractivity contribution in [2.24, 2.45) is 5.73 Å². The minimum atomic E-state index is -0.669. The minimum Gasteiger partial charge on any atom is -0.337 e. The van der Waals surface area contributed by atoms with Gasteiger partial charge >= 0.3 is 5.69 Å². The molecule has 0 aromatic carbocycles. The van der Waals surface area contributed by atoms with Crippen LogP contribution in [0.5, 0.6) is 0 Å². The van der Waals surface area contributed by atoms with Gasteiger partial charge in [0, 0.05) is 25.3 Å². The molecule has 1 atom stereocenters. The minimum absolute atomic E-state index is 0.0467. The second-order valence-corrected chi connectivity index (χ2v) is 4.14. The van der Waals surface area contributed by atoms with E-state index in [1.54, 1.807) is 0 Å². The Morgan fingerprint density at radius 1 is 1.47 bits per heavy atom. The first-order valence-corrected chi connectivity index (χ1v) is 5.45. The first kappa shape index (κ1) is 11.6. The monoisotopic (exact) mass is 238 g/mol. The SMILES string of the molecule is NC1CCCN(C(=O)c2c[nH]c(=O)[nH]c2=O)C1. The molecule has 17 heavy (non-hydrogen) atoms. The molecule has 7 nitrogen and oxygen atoms in total. The van der Waals surface area contributed by atoms with Gasteiger partial charge in [-0.3, -0.25) is 14.6 Å². The van der Waals surface area contributed by atoms with Gasteiger partial charge in [0.2, 0.25) is 0 Å². The first-order valence-electron chi connectivity index (χ1n) is 5.45. The maximum atomic E-state index is 12.0. The predicted octanol–water partition coefficient (Wildman–Crippen LogP) is -1.37. The van der Waals surface area contributed by atoms with E-state index >= 15 is 0 Å². The molecule has 0 bridgehead atoms. The molecule has 0 saturated carbocycles. The summed E-state index contributed by atoms with van der Waals surface area (Å²) < 4.78 is 0. The number of nitrogens with zero attached hydrogens (tertiary/aromatic N) is 1. The van der Waals surface area contributed by atoms with Gasteiger partial charge in [-0.2, -0.15) is 0 Å². The Balaban J connectivity index is 2.24. The standard InChI is InChI=1S/C10H14N4O3/c11-6-2-1-3-14(5-6)9(16)7-4-12-10(17)13-8(7)15/h4,6H,1-3,5,11H2,(H2,12,13,15,17). The maximum absolute atomic E-state index is 12.0. The quantitative estimate of drug-likeness (QED) is 0.560. The average Bonchev–Trinajstić information content (AvgIpc) is 2.28. The molecule has 4 N–H and O–H groups in total. The molecule has 0 radical (unpaired) electrons. The van der Waals surface area contributed by atoms with Crippen molar-refractivity contribution in [3.63, 3.8) is 0 Å². The van der Waals surface area contributed by atoms with Crippen molar-refractivity contribution in [1.29, 1.82) is 0 Å². The third-order valence-corrected chi connectivity index (χ3v) is 2.79. The lowest BCUT2D eigenvalue weighted by molar-refractivity contribution is 0.0706. The van der Waals surface area contributed by atoms with Crippen molar-refractivity contribution in [1.82, 2.24) is 14.9 Å². The molecule has 1 amide bonds. The molecular formula is C10H14N4O3. The summed E-state index contributed by atoms with van der Waals surface area (Å²) in [6, 6.07) is -0.0467. The van der Waals surface area contributed by atoms with Crippen LogP contribution in [-0.2, 0) is 0 Å². The number of nitrogens with one attached hydrogen (secondary N) is 2. The predicted molar refractivity (Wildman–Crippen MR) is 60.8 cm³/mol. The number of hydrogen-bond donors (Lipinski definition) is 3. The molecule has 2 rings (SSSR count). The molecule has 1 aliphatic rings. The molecule has 1 fully saturated rings. The zero-order chi connectivity index (χ0) is 12.4. The maximum Gasteiger partial charge on any atom is 0.325 e. The number of piperidine rings is 1. The fourth-order valence-electron chi connectivity index (χ4n) is 1.93. The summed E-state index contributed by atoms with van der Waals surface area (Å²) in [7, 11) is 0. The first-order chi connectivity index (χ1) is 8.08. The van der Waals surface area contributed by atoms with Crippen LogP contribution < -0.4 is 17.0 Å². The highest BCUT2D eigenvalue weighted by Gasteiger charge is 2.24. The lowest BCUT2D eigenvalue weighted by Gasteiger charge is -2.30. The number of carbonyl (C=O) groups excluding carboxylic acids is 1. The number of hydrogen-bond acceptors (Lipinski definition) is 4. The lowest BCUT2D eigenvalue weighted by Crippen LogP contribution is -2.47. The van der Waals surface area contributed by atoms with E-state index in [1.165, 1.54) is 4.90 Å². The van der Waals surface area contributed by atoms with Gasteiger partial charge in [0.25, 0.3) is 11.5 Å². The number of aromatic amines is 2. The molecule has 1 aliphatic heterocycles. The van der Waals surface area contributed by atoms with Gasteiger partial charge in [-0.1, -0.05) is 0 Å². The summed E-state index contributed by atoms with van der Waals surface area (Å²) >= 11 is 0. The van der Waals surface area contributed by atoms with Crippen LogP contribution in [-0.4, -0.2) is 39.9 Å². The molecule has 1 aromatic rings. The highest BCUT2D eigenvalue weighted by atomic mass is 16.2. The zero-order valence-corrected chi connectivity index (χ0v) is 9.23. The van der Waals surface area contributed by atoms with Crippen LogP contribution in [0.3, 0.4) is 0 Å². The Bertz CT molecular complexity index is 533. The summed E-state index contributed by atoms with van der Waals surface area (Å²) in [5, 5.41) is 0. The lowest BCUT2D eigenvalue weighted by atomic mass is 10.1. The number of rotatable bonds is 1. The van der Waals surface area contributed by atoms with Crippen LogP contribution >= 0.6 is 0 Å². The van der Waals surface area contributed by atoms with Gasteiger partial charge in [0.1, 0.15) is 5.56 Å². The molecule has 0 aliphatic carbocycles. The molecular weight excluding hydrogens is 224 g/mol. The van der Waals surface area contributed by atoms with E-state index in [4.69, 9.17) is 5.73 Å². The normalized spacial score (nSPS) is 20.3. The average molecular weight is 238 g/mol. The summed E-state index contributed by atoms with van der Waals surface area (Å²) in [4.78, 5) is 40.1. The molecule has 1 aromatic heterocycles. The molecule has 92 valence electrons. The topological polar surface area (TPSA) is 112 Å². The Labute approximate surface area is 96.6 Å². The second kappa shape index (κ2) is 4.54. The third kappa shape index (κ3) is 2.44. The number of amides is 1. The number of nitrogens with two attached hydrogens (primary N) is 1. The fourth-order valence-corrected chi connectivity index (χ4v) is 1.93. The van der Waals surface area contributed by atoms with E-state index in [9.17, 15) is 14.4 Å². The van der Waals surface area contributed by atoms with Gasteiger partial charge in [-0.25, -0.2) is 4.79 Å². The van der Waals surface area contributed by atoms with Crippen LogP contribution in [0.25, 0.3) is 0 Å². The van der Waals surface area contributed by atoms with Crippen molar-refractivity contribution in [3.05, 3.63) is 32.6 Å². The number of aromatic nitrogens is 2. The zero-order valence-electron chi connectivity index (χ0n) is 9.23. The van der Waals surface area contributed by atoms with Gasteiger partial charge in [0.05, 0.1) is 0 Å². The Morgan fingerprint density at radius 2 is 2.24 bits per heavy atom. The Hall–Kier alpha value is -1.89. The Kier molecular flexibility index (Phi) is 3.10. The highest BCUT2D eigenvalue weighted by molar-refractivity contribution is 5.93. The van der Waals surface area contributed by atoms with Gasteiger partial charge in [0.15, 0.2) is 0 Å². The summed E-state index contributed by atoms with van der Waals surface area (Å²) in [5.41, 5.74) is 4.42. The van der Waals surface area contributed by atoms with Crippen molar-refractivity contribution in [2.45, 2.75) is 18.9 Å². The van der Waals surface area contributed by atoms with Gasteiger partial charge < -0.3 is 15.6 Å². The van der Waals surface area contributed by atoms with Crippen LogP contribution in [0.2, 0.25) is 0 Å². The van der Waals surface area contributed by atoms with Crippen LogP contribution in [0.1, 0.15) is 23.2 Å². The molecule has 0 spiro atoms. The molecule has 7 heteroatoms. The van der Waals surface area contributed by atoms with E-state index in [-0.39, 0.29) is 11.6 Å². The van der Waals surface area contributed by atoms with E-state index in [1.807, 2.05) is 4.98 Å². The van der Waals surface area contributed by atoms with Crippen LogP contribution in [0.4, 0.5) is 0 Å². The second-order valence-electron chi connectivity index (χ2n) is 4.14. The van der Waals surface area contributed by atoms with E-state index in [0.29, 0.717) is 13.1 Å².